The Morgan fingerprint density at radius 3 is 2.69 bits per heavy atom. The highest BCUT2D eigenvalue weighted by Crippen LogP contribution is 2.21. The molecule has 0 atom stereocenters. The fourth-order valence-electron chi connectivity index (χ4n) is 2.80. The number of benzene rings is 1. The number of hydrazone groups is 1. The van der Waals surface area contributed by atoms with Crippen LogP contribution in [0.3, 0.4) is 0 Å². The van der Waals surface area contributed by atoms with Gasteiger partial charge in [-0.2, -0.15) is 5.10 Å². The SMILES string of the molecule is Cc1cccc(N2N=C(C(=O)N(C)Cc3cccc(=O)[nH]3)CCC2=O)c1. The summed E-state index contributed by atoms with van der Waals surface area (Å²) in [7, 11) is 1.64. The fourth-order valence-corrected chi connectivity index (χ4v) is 2.80. The van der Waals surface area contributed by atoms with Crippen LogP contribution in [-0.4, -0.2) is 34.5 Å². The van der Waals surface area contributed by atoms with Gasteiger partial charge in [-0.3, -0.25) is 14.4 Å². The highest BCUT2D eigenvalue weighted by Gasteiger charge is 2.27. The maximum absolute atomic E-state index is 12.7. The summed E-state index contributed by atoms with van der Waals surface area (Å²) >= 11 is 0. The summed E-state index contributed by atoms with van der Waals surface area (Å²) in [5.74, 6) is -0.401. The molecule has 7 heteroatoms. The van der Waals surface area contributed by atoms with E-state index < -0.39 is 0 Å². The molecule has 0 unspecified atom stereocenters. The van der Waals surface area contributed by atoms with E-state index in [2.05, 4.69) is 10.1 Å². The van der Waals surface area contributed by atoms with E-state index >= 15 is 0 Å². The summed E-state index contributed by atoms with van der Waals surface area (Å²) in [5, 5.41) is 5.59. The maximum atomic E-state index is 12.7. The lowest BCUT2D eigenvalue weighted by Gasteiger charge is -2.25. The van der Waals surface area contributed by atoms with Crippen LogP contribution < -0.4 is 10.6 Å². The molecule has 0 saturated heterocycles. The quantitative estimate of drug-likeness (QED) is 0.911. The first-order chi connectivity index (χ1) is 12.4. The summed E-state index contributed by atoms with van der Waals surface area (Å²) in [6, 6.07) is 12.2. The van der Waals surface area contributed by atoms with Crippen molar-refractivity contribution < 1.29 is 9.59 Å². The molecule has 1 N–H and O–H groups in total. The predicted octanol–water partition coefficient (Wildman–Crippen LogP) is 1.82. The number of amides is 2. The molecule has 0 fully saturated rings. The number of anilines is 1. The van der Waals surface area contributed by atoms with Crippen molar-refractivity contribution in [3.8, 4) is 0 Å². The van der Waals surface area contributed by atoms with Crippen LogP contribution in [0.5, 0.6) is 0 Å². The molecule has 2 amide bonds. The van der Waals surface area contributed by atoms with Crippen LogP contribution in [0, 0.1) is 6.92 Å². The highest BCUT2D eigenvalue weighted by atomic mass is 16.2. The summed E-state index contributed by atoms with van der Waals surface area (Å²) in [6.45, 7) is 2.19. The van der Waals surface area contributed by atoms with Gasteiger partial charge in [-0.05, 0) is 30.7 Å². The van der Waals surface area contributed by atoms with Crippen LogP contribution >= 0.6 is 0 Å². The molecule has 7 nitrogen and oxygen atoms in total. The minimum absolute atomic E-state index is 0.137. The van der Waals surface area contributed by atoms with E-state index in [0.29, 0.717) is 23.5 Å². The van der Waals surface area contributed by atoms with Gasteiger partial charge in [0.2, 0.25) is 11.5 Å². The number of aromatic nitrogens is 1. The van der Waals surface area contributed by atoms with E-state index in [9.17, 15) is 14.4 Å². The number of carbonyl (C=O) groups is 2. The van der Waals surface area contributed by atoms with Gasteiger partial charge in [0, 0.05) is 31.6 Å². The Morgan fingerprint density at radius 2 is 1.96 bits per heavy atom. The second kappa shape index (κ2) is 7.35. The van der Waals surface area contributed by atoms with E-state index in [1.165, 1.54) is 16.0 Å². The number of rotatable bonds is 4. The molecule has 2 aromatic rings. The van der Waals surface area contributed by atoms with Crippen molar-refractivity contribution in [2.75, 3.05) is 12.1 Å². The number of nitrogens with zero attached hydrogens (tertiary/aromatic N) is 3. The van der Waals surface area contributed by atoms with E-state index in [1.54, 1.807) is 25.2 Å². The van der Waals surface area contributed by atoms with Crippen LogP contribution in [0.15, 0.2) is 52.4 Å². The van der Waals surface area contributed by atoms with Gasteiger partial charge in [-0.25, -0.2) is 5.01 Å². The Bertz CT molecular complexity index is 932. The highest BCUT2D eigenvalue weighted by molar-refractivity contribution is 6.40. The third-order valence-electron chi connectivity index (χ3n) is 4.11. The number of hydrogen-bond donors (Lipinski definition) is 1. The van der Waals surface area contributed by atoms with Crippen LogP contribution in [0.4, 0.5) is 5.69 Å². The van der Waals surface area contributed by atoms with Crippen molar-refractivity contribution in [1.82, 2.24) is 9.88 Å². The Kier molecular flexibility index (Phi) is 4.97. The summed E-state index contributed by atoms with van der Waals surface area (Å²) in [5.41, 5.74) is 2.40. The first-order valence-corrected chi connectivity index (χ1v) is 8.35. The Balaban J connectivity index is 1.80. The van der Waals surface area contributed by atoms with Gasteiger partial charge >= 0.3 is 0 Å². The van der Waals surface area contributed by atoms with Crippen molar-refractivity contribution in [2.24, 2.45) is 5.10 Å². The van der Waals surface area contributed by atoms with Gasteiger partial charge in [-0.15, -0.1) is 0 Å². The second-order valence-corrected chi connectivity index (χ2v) is 6.29. The lowest BCUT2D eigenvalue weighted by Crippen LogP contribution is -2.40. The molecule has 134 valence electrons. The van der Waals surface area contributed by atoms with E-state index in [1.807, 2.05) is 25.1 Å². The lowest BCUT2D eigenvalue weighted by atomic mass is 10.1. The number of carbonyl (C=O) groups excluding carboxylic acids is 2. The van der Waals surface area contributed by atoms with Crippen molar-refractivity contribution in [3.05, 3.63) is 64.1 Å². The summed E-state index contributed by atoms with van der Waals surface area (Å²) in [4.78, 5) is 40.5. The molecule has 0 saturated carbocycles. The standard InChI is InChI=1S/C19H20N4O3/c1-13-5-3-7-15(11-13)23-18(25)10-9-16(21-23)19(26)22(2)12-14-6-4-8-17(24)20-14/h3-8,11H,9-10,12H2,1-2H3,(H,20,24). The van der Waals surface area contributed by atoms with Crippen molar-refractivity contribution in [1.29, 1.82) is 0 Å². The summed E-state index contributed by atoms with van der Waals surface area (Å²) in [6.07, 6.45) is 0.532. The molecular formula is C19H20N4O3. The first-order valence-electron chi connectivity index (χ1n) is 8.35. The van der Waals surface area contributed by atoms with Crippen LogP contribution in [0.1, 0.15) is 24.1 Å². The minimum atomic E-state index is -0.264. The molecular weight excluding hydrogens is 332 g/mol. The molecule has 1 aromatic heterocycles. The van der Waals surface area contributed by atoms with E-state index in [-0.39, 0.29) is 30.3 Å². The number of aromatic amines is 1. The molecule has 1 aliphatic heterocycles. The van der Waals surface area contributed by atoms with Gasteiger partial charge in [0.05, 0.1) is 12.2 Å². The van der Waals surface area contributed by atoms with Crippen molar-refractivity contribution >= 4 is 23.2 Å². The van der Waals surface area contributed by atoms with Gasteiger partial charge in [0.25, 0.3) is 5.91 Å². The monoisotopic (exact) mass is 352 g/mol. The van der Waals surface area contributed by atoms with Crippen LogP contribution in [0.25, 0.3) is 0 Å². The maximum Gasteiger partial charge on any atom is 0.270 e. The molecule has 1 aliphatic rings. The Hall–Kier alpha value is -3.22. The third kappa shape index (κ3) is 3.88. The topological polar surface area (TPSA) is 85.8 Å². The van der Waals surface area contributed by atoms with Crippen LogP contribution in [0.2, 0.25) is 0 Å². The minimum Gasteiger partial charge on any atom is -0.335 e. The first kappa shape index (κ1) is 17.6. The molecule has 0 spiro atoms. The predicted molar refractivity (Wildman–Crippen MR) is 98.9 cm³/mol. The molecule has 1 aromatic carbocycles. The zero-order chi connectivity index (χ0) is 18.7. The molecule has 0 radical (unpaired) electrons. The number of aryl methyl sites for hydroxylation is 1. The zero-order valence-electron chi connectivity index (χ0n) is 14.7. The average molecular weight is 352 g/mol. The van der Waals surface area contributed by atoms with E-state index in [4.69, 9.17) is 0 Å². The van der Waals surface area contributed by atoms with Crippen molar-refractivity contribution in [3.63, 3.8) is 0 Å². The van der Waals surface area contributed by atoms with Crippen molar-refractivity contribution in [2.45, 2.75) is 26.3 Å². The van der Waals surface area contributed by atoms with Gasteiger partial charge in [-0.1, -0.05) is 18.2 Å². The molecule has 0 aliphatic carbocycles. The largest absolute Gasteiger partial charge is 0.335 e. The van der Waals surface area contributed by atoms with E-state index in [0.717, 1.165) is 5.56 Å². The fraction of sp³-hybridized carbons (Fsp3) is 0.263. The Labute approximate surface area is 150 Å². The molecule has 2 heterocycles. The smallest absolute Gasteiger partial charge is 0.270 e. The zero-order valence-corrected chi connectivity index (χ0v) is 14.7. The number of nitrogens with one attached hydrogen (secondary N) is 1. The summed E-state index contributed by atoms with van der Waals surface area (Å²) < 4.78 is 0. The average Bonchev–Trinajstić information content (AvgIpc) is 2.61. The Morgan fingerprint density at radius 1 is 1.19 bits per heavy atom. The second-order valence-electron chi connectivity index (χ2n) is 6.29. The number of hydrogen-bond acceptors (Lipinski definition) is 4. The van der Waals surface area contributed by atoms with Gasteiger partial charge in [0.15, 0.2) is 0 Å². The molecule has 3 rings (SSSR count). The van der Waals surface area contributed by atoms with Crippen LogP contribution in [-0.2, 0) is 16.1 Å². The molecule has 0 bridgehead atoms. The number of pyridine rings is 1. The third-order valence-corrected chi connectivity index (χ3v) is 4.11. The normalized spacial score (nSPS) is 14.2. The lowest BCUT2D eigenvalue weighted by molar-refractivity contribution is -0.123. The van der Waals surface area contributed by atoms with Gasteiger partial charge in [0.1, 0.15) is 5.71 Å². The van der Waals surface area contributed by atoms with Gasteiger partial charge < -0.3 is 9.88 Å². The number of H-pyrrole nitrogens is 1. The molecule has 26 heavy (non-hydrogen) atoms.